The summed E-state index contributed by atoms with van der Waals surface area (Å²) in [6.07, 6.45) is 1.86. The summed E-state index contributed by atoms with van der Waals surface area (Å²) < 4.78 is 1.78. The standard InChI is InChI=1S/C12H12Cl3N3S/c1-8(13)11-7-18(17-16-11)4-5-19-12-6-9(14)2-3-10(12)15/h2-3,6-8H,4-5H2,1H3. The molecule has 0 saturated carbocycles. The fourth-order valence-electron chi connectivity index (χ4n) is 1.44. The van der Waals surface area contributed by atoms with E-state index in [-0.39, 0.29) is 5.38 Å². The van der Waals surface area contributed by atoms with Gasteiger partial charge in [0.1, 0.15) is 5.69 Å². The molecule has 1 aromatic heterocycles. The molecule has 0 spiro atoms. The first kappa shape index (κ1) is 15.0. The Kier molecular flexibility index (Phi) is 5.39. The first-order chi connectivity index (χ1) is 9.06. The molecule has 7 heteroatoms. The number of halogens is 3. The van der Waals surface area contributed by atoms with Crippen molar-refractivity contribution in [2.45, 2.75) is 23.7 Å². The van der Waals surface area contributed by atoms with Crippen molar-refractivity contribution in [1.82, 2.24) is 15.0 Å². The van der Waals surface area contributed by atoms with E-state index in [1.807, 2.05) is 19.2 Å². The van der Waals surface area contributed by atoms with E-state index in [0.29, 0.717) is 10.0 Å². The van der Waals surface area contributed by atoms with Crippen molar-refractivity contribution in [3.8, 4) is 0 Å². The van der Waals surface area contributed by atoms with Crippen LogP contribution in [-0.2, 0) is 6.54 Å². The number of rotatable bonds is 5. The zero-order valence-corrected chi connectivity index (χ0v) is 13.3. The van der Waals surface area contributed by atoms with E-state index in [1.165, 1.54) is 0 Å². The van der Waals surface area contributed by atoms with Gasteiger partial charge in [-0.15, -0.1) is 28.5 Å². The van der Waals surface area contributed by atoms with Gasteiger partial charge in [-0.3, -0.25) is 4.68 Å². The van der Waals surface area contributed by atoms with Crippen molar-refractivity contribution in [2.75, 3.05) is 5.75 Å². The molecular formula is C12H12Cl3N3S. The fraction of sp³-hybridized carbons (Fsp3) is 0.333. The highest BCUT2D eigenvalue weighted by molar-refractivity contribution is 7.99. The highest BCUT2D eigenvalue weighted by Gasteiger charge is 2.07. The number of benzene rings is 1. The zero-order chi connectivity index (χ0) is 13.8. The van der Waals surface area contributed by atoms with E-state index in [2.05, 4.69) is 10.3 Å². The van der Waals surface area contributed by atoms with Crippen LogP contribution in [0.25, 0.3) is 0 Å². The summed E-state index contributed by atoms with van der Waals surface area (Å²) >= 11 is 19.6. The molecule has 0 radical (unpaired) electrons. The fourth-order valence-corrected chi connectivity index (χ4v) is 2.97. The Labute approximate surface area is 131 Å². The van der Waals surface area contributed by atoms with Gasteiger partial charge in [-0.05, 0) is 25.1 Å². The van der Waals surface area contributed by atoms with Crippen LogP contribution in [0.5, 0.6) is 0 Å². The monoisotopic (exact) mass is 335 g/mol. The second-order valence-electron chi connectivity index (χ2n) is 3.95. The summed E-state index contributed by atoms with van der Waals surface area (Å²) in [6.45, 7) is 2.61. The lowest BCUT2D eigenvalue weighted by Gasteiger charge is -2.04. The molecule has 0 N–H and O–H groups in total. The summed E-state index contributed by atoms with van der Waals surface area (Å²) in [5, 5.41) is 9.29. The quantitative estimate of drug-likeness (QED) is 0.587. The average molecular weight is 337 g/mol. The number of alkyl halides is 1. The summed E-state index contributed by atoms with van der Waals surface area (Å²) in [4.78, 5) is 0.972. The molecule has 1 atom stereocenters. The van der Waals surface area contributed by atoms with Gasteiger partial charge in [0.15, 0.2) is 0 Å². The molecular weight excluding hydrogens is 325 g/mol. The SMILES string of the molecule is CC(Cl)c1cn(CCSc2cc(Cl)ccc2Cl)nn1. The summed E-state index contributed by atoms with van der Waals surface area (Å²) in [5.41, 5.74) is 0.785. The van der Waals surface area contributed by atoms with Crippen molar-refractivity contribution >= 4 is 46.6 Å². The van der Waals surface area contributed by atoms with Crippen LogP contribution in [0.15, 0.2) is 29.3 Å². The maximum absolute atomic E-state index is 6.09. The van der Waals surface area contributed by atoms with E-state index in [1.54, 1.807) is 28.6 Å². The van der Waals surface area contributed by atoms with Crippen molar-refractivity contribution < 1.29 is 0 Å². The third-order valence-electron chi connectivity index (χ3n) is 2.44. The lowest BCUT2D eigenvalue weighted by molar-refractivity contribution is 0.632. The van der Waals surface area contributed by atoms with Gasteiger partial charge in [0.2, 0.25) is 0 Å². The minimum atomic E-state index is -0.122. The predicted molar refractivity (Wildman–Crippen MR) is 81.5 cm³/mol. The molecule has 0 amide bonds. The van der Waals surface area contributed by atoms with Crippen molar-refractivity contribution in [1.29, 1.82) is 0 Å². The number of aryl methyl sites for hydroxylation is 1. The predicted octanol–water partition coefficient (Wildman–Crippen LogP) is 4.68. The number of hydrogen-bond donors (Lipinski definition) is 0. The lowest BCUT2D eigenvalue weighted by atomic mass is 10.4. The highest BCUT2D eigenvalue weighted by Crippen LogP contribution is 2.29. The Bertz CT molecular complexity index is 557. The van der Waals surface area contributed by atoms with Gasteiger partial charge in [0.05, 0.1) is 16.9 Å². The average Bonchev–Trinajstić information content (AvgIpc) is 2.82. The van der Waals surface area contributed by atoms with Crippen LogP contribution >= 0.6 is 46.6 Å². The molecule has 2 rings (SSSR count). The Balaban J connectivity index is 1.90. The molecule has 0 saturated heterocycles. The Morgan fingerprint density at radius 2 is 2.16 bits per heavy atom. The van der Waals surface area contributed by atoms with Gasteiger partial charge >= 0.3 is 0 Å². The molecule has 2 aromatic rings. The molecule has 0 bridgehead atoms. The van der Waals surface area contributed by atoms with E-state index in [0.717, 1.165) is 22.9 Å². The number of nitrogens with zero attached hydrogens (tertiary/aromatic N) is 3. The Morgan fingerprint density at radius 3 is 2.84 bits per heavy atom. The lowest BCUT2D eigenvalue weighted by Crippen LogP contribution is -2.01. The molecule has 0 aliphatic rings. The molecule has 0 fully saturated rings. The van der Waals surface area contributed by atoms with Gasteiger partial charge in [-0.25, -0.2) is 0 Å². The maximum Gasteiger partial charge on any atom is 0.100 e. The topological polar surface area (TPSA) is 30.7 Å². The smallest absolute Gasteiger partial charge is 0.100 e. The van der Waals surface area contributed by atoms with Gasteiger partial charge in [0.25, 0.3) is 0 Å². The molecule has 3 nitrogen and oxygen atoms in total. The minimum Gasteiger partial charge on any atom is -0.251 e. The van der Waals surface area contributed by atoms with Crippen molar-refractivity contribution in [3.05, 3.63) is 40.1 Å². The highest BCUT2D eigenvalue weighted by atomic mass is 35.5. The normalized spacial score (nSPS) is 12.6. The minimum absolute atomic E-state index is 0.122. The van der Waals surface area contributed by atoms with Crippen LogP contribution in [0.2, 0.25) is 10.0 Å². The maximum atomic E-state index is 6.09. The zero-order valence-electron chi connectivity index (χ0n) is 10.2. The number of thioether (sulfide) groups is 1. The molecule has 1 unspecified atom stereocenters. The van der Waals surface area contributed by atoms with Crippen LogP contribution in [0.3, 0.4) is 0 Å². The second kappa shape index (κ2) is 6.84. The molecule has 0 aliphatic heterocycles. The first-order valence-corrected chi connectivity index (χ1v) is 7.86. The summed E-state index contributed by atoms with van der Waals surface area (Å²) in [5.74, 6) is 0.833. The molecule has 102 valence electrons. The Hall–Kier alpha value is -0.420. The molecule has 19 heavy (non-hydrogen) atoms. The van der Waals surface area contributed by atoms with Crippen LogP contribution in [0, 0.1) is 0 Å². The third-order valence-corrected chi connectivity index (χ3v) is 4.37. The van der Waals surface area contributed by atoms with E-state index >= 15 is 0 Å². The second-order valence-corrected chi connectivity index (χ2v) is 6.58. The van der Waals surface area contributed by atoms with E-state index in [4.69, 9.17) is 34.8 Å². The summed E-state index contributed by atoms with van der Waals surface area (Å²) in [6, 6.07) is 5.44. The van der Waals surface area contributed by atoms with Gasteiger partial charge in [-0.1, -0.05) is 28.4 Å². The van der Waals surface area contributed by atoms with Crippen LogP contribution in [0.1, 0.15) is 18.0 Å². The van der Waals surface area contributed by atoms with Gasteiger partial charge in [0, 0.05) is 21.9 Å². The first-order valence-electron chi connectivity index (χ1n) is 5.68. The summed E-state index contributed by atoms with van der Waals surface area (Å²) in [7, 11) is 0. The van der Waals surface area contributed by atoms with Crippen molar-refractivity contribution in [2.24, 2.45) is 0 Å². The third kappa shape index (κ3) is 4.28. The Morgan fingerprint density at radius 1 is 1.37 bits per heavy atom. The van der Waals surface area contributed by atoms with Crippen molar-refractivity contribution in [3.63, 3.8) is 0 Å². The molecule has 1 aromatic carbocycles. The van der Waals surface area contributed by atoms with Gasteiger partial charge in [-0.2, -0.15) is 0 Å². The van der Waals surface area contributed by atoms with Gasteiger partial charge < -0.3 is 0 Å². The van der Waals surface area contributed by atoms with Crippen LogP contribution in [0.4, 0.5) is 0 Å². The molecule has 0 aliphatic carbocycles. The number of hydrogen-bond acceptors (Lipinski definition) is 3. The van der Waals surface area contributed by atoms with E-state index < -0.39 is 0 Å². The van der Waals surface area contributed by atoms with Crippen LogP contribution in [-0.4, -0.2) is 20.7 Å². The van der Waals surface area contributed by atoms with Crippen LogP contribution < -0.4 is 0 Å². The molecule has 1 heterocycles. The number of aromatic nitrogens is 3. The van der Waals surface area contributed by atoms with E-state index in [9.17, 15) is 0 Å². The largest absolute Gasteiger partial charge is 0.251 e.